The molecule has 2 N–H and O–H groups in total. The van der Waals surface area contributed by atoms with Crippen LogP contribution in [0.4, 0.5) is 0 Å². The number of fused-ring (bicyclic) bond motifs is 1. The van der Waals surface area contributed by atoms with Gasteiger partial charge in [0.05, 0.1) is 12.3 Å². The molecule has 4 nitrogen and oxygen atoms in total. The van der Waals surface area contributed by atoms with Crippen LogP contribution in [0.3, 0.4) is 0 Å². The van der Waals surface area contributed by atoms with Crippen LogP contribution in [0.5, 0.6) is 5.88 Å². The lowest BCUT2D eigenvalue weighted by molar-refractivity contribution is 0.298. The second-order valence-corrected chi connectivity index (χ2v) is 3.45. The van der Waals surface area contributed by atoms with Gasteiger partial charge in [0, 0.05) is 5.56 Å². The highest BCUT2D eigenvalue weighted by Gasteiger charge is 2.17. The molecular formula is C10H15N3O. The number of rotatable bonds is 4. The van der Waals surface area contributed by atoms with Gasteiger partial charge >= 0.3 is 0 Å². The Labute approximate surface area is 83.5 Å². The zero-order valence-corrected chi connectivity index (χ0v) is 8.20. The summed E-state index contributed by atoms with van der Waals surface area (Å²) in [5, 5.41) is 0. The van der Waals surface area contributed by atoms with Gasteiger partial charge in [-0.05, 0) is 32.2 Å². The second kappa shape index (κ2) is 4.37. The van der Waals surface area contributed by atoms with E-state index in [0.29, 0.717) is 13.2 Å². The molecule has 0 unspecified atom stereocenters. The fourth-order valence-electron chi connectivity index (χ4n) is 1.71. The highest BCUT2D eigenvalue weighted by molar-refractivity contribution is 5.33. The maximum Gasteiger partial charge on any atom is 0.219 e. The number of aromatic nitrogens is 2. The molecule has 2 rings (SSSR count). The van der Waals surface area contributed by atoms with Crippen molar-refractivity contribution in [3.63, 3.8) is 0 Å². The van der Waals surface area contributed by atoms with Gasteiger partial charge in [0.15, 0.2) is 0 Å². The fourth-order valence-corrected chi connectivity index (χ4v) is 1.71. The standard InChI is InChI=1S/C10H15N3O/c11-5-2-6-14-10-8-3-1-4-9(8)12-7-13-10/h7H,1-6,11H2. The van der Waals surface area contributed by atoms with Gasteiger partial charge in [-0.15, -0.1) is 0 Å². The molecule has 1 aromatic rings. The first kappa shape index (κ1) is 9.40. The lowest BCUT2D eigenvalue weighted by Gasteiger charge is -2.07. The summed E-state index contributed by atoms with van der Waals surface area (Å²) in [5.41, 5.74) is 7.75. The minimum Gasteiger partial charge on any atom is -0.477 e. The molecule has 0 spiro atoms. The third-order valence-electron chi connectivity index (χ3n) is 2.42. The molecule has 0 bridgehead atoms. The normalized spacial score (nSPS) is 14.1. The summed E-state index contributed by atoms with van der Waals surface area (Å²) in [5.74, 6) is 0.765. The predicted octanol–water partition coefficient (Wildman–Crippen LogP) is 0.693. The Balaban J connectivity index is 2.06. The summed E-state index contributed by atoms with van der Waals surface area (Å²) in [4.78, 5) is 8.38. The summed E-state index contributed by atoms with van der Waals surface area (Å²) < 4.78 is 5.56. The van der Waals surface area contributed by atoms with Gasteiger partial charge in [-0.25, -0.2) is 9.97 Å². The Hall–Kier alpha value is -1.16. The average Bonchev–Trinajstić information content (AvgIpc) is 2.67. The maximum absolute atomic E-state index is 5.56. The van der Waals surface area contributed by atoms with Crippen LogP contribution in [0.25, 0.3) is 0 Å². The molecule has 0 radical (unpaired) electrons. The Morgan fingerprint density at radius 1 is 1.36 bits per heavy atom. The van der Waals surface area contributed by atoms with Crippen molar-refractivity contribution in [2.24, 2.45) is 5.73 Å². The van der Waals surface area contributed by atoms with E-state index in [1.165, 1.54) is 12.0 Å². The zero-order chi connectivity index (χ0) is 9.80. The summed E-state index contributed by atoms with van der Waals surface area (Å²) in [7, 11) is 0. The lowest BCUT2D eigenvalue weighted by atomic mass is 10.2. The van der Waals surface area contributed by atoms with Crippen molar-refractivity contribution in [2.45, 2.75) is 25.7 Å². The van der Waals surface area contributed by atoms with Crippen molar-refractivity contribution >= 4 is 0 Å². The molecule has 76 valence electrons. The van der Waals surface area contributed by atoms with Crippen molar-refractivity contribution in [3.05, 3.63) is 17.6 Å². The average molecular weight is 193 g/mol. The number of nitrogens with two attached hydrogens (primary N) is 1. The number of hydrogen-bond acceptors (Lipinski definition) is 4. The molecule has 0 amide bonds. The van der Waals surface area contributed by atoms with Crippen LogP contribution in [0.1, 0.15) is 24.1 Å². The number of hydrogen-bond donors (Lipinski definition) is 1. The molecule has 0 saturated carbocycles. The van der Waals surface area contributed by atoms with Crippen molar-refractivity contribution in [1.82, 2.24) is 9.97 Å². The number of ether oxygens (including phenoxy) is 1. The highest BCUT2D eigenvalue weighted by Crippen LogP contribution is 2.26. The Kier molecular flexibility index (Phi) is 2.93. The third-order valence-corrected chi connectivity index (χ3v) is 2.42. The summed E-state index contributed by atoms with van der Waals surface area (Å²) in [6.07, 6.45) is 5.74. The molecule has 1 heterocycles. The van der Waals surface area contributed by atoms with Gasteiger partial charge in [0.1, 0.15) is 6.33 Å². The summed E-state index contributed by atoms with van der Waals surface area (Å²) in [6.45, 7) is 1.31. The minimum absolute atomic E-state index is 0.653. The first-order valence-corrected chi connectivity index (χ1v) is 5.07. The largest absolute Gasteiger partial charge is 0.477 e. The van der Waals surface area contributed by atoms with E-state index in [0.717, 1.165) is 30.8 Å². The predicted molar refractivity (Wildman–Crippen MR) is 53.2 cm³/mol. The molecule has 14 heavy (non-hydrogen) atoms. The van der Waals surface area contributed by atoms with E-state index in [-0.39, 0.29) is 0 Å². The molecule has 4 heteroatoms. The summed E-state index contributed by atoms with van der Waals surface area (Å²) in [6, 6.07) is 0. The Morgan fingerprint density at radius 3 is 3.14 bits per heavy atom. The van der Waals surface area contributed by atoms with Crippen molar-refractivity contribution in [3.8, 4) is 5.88 Å². The van der Waals surface area contributed by atoms with Crippen LogP contribution >= 0.6 is 0 Å². The molecule has 1 aliphatic carbocycles. The molecule has 0 aliphatic heterocycles. The quantitative estimate of drug-likeness (QED) is 0.715. The molecular weight excluding hydrogens is 178 g/mol. The number of nitrogens with zero attached hydrogens (tertiary/aromatic N) is 2. The van der Waals surface area contributed by atoms with E-state index in [4.69, 9.17) is 10.5 Å². The van der Waals surface area contributed by atoms with Crippen molar-refractivity contribution in [1.29, 1.82) is 0 Å². The van der Waals surface area contributed by atoms with Gasteiger partial charge in [0.25, 0.3) is 0 Å². The van der Waals surface area contributed by atoms with Gasteiger partial charge < -0.3 is 10.5 Å². The van der Waals surface area contributed by atoms with Crippen molar-refractivity contribution < 1.29 is 4.74 Å². The third kappa shape index (κ3) is 1.85. The van der Waals surface area contributed by atoms with Gasteiger partial charge in [-0.2, -0.15) is 0 Å². The van der Waals surface area contributed by atoms with Crippen LogP contribution in [-0.2, 0) is 12.8 Å². The SMILES string of the molecule is NCCCOc1ncnc2c1CCC2. The van der Waals surface area contributed by atoms with E-state index in [9.17, 15) is 0 Å². The van der Waals surface area contributed by atoms with E-state index >= 15 is 0 Å². The second-order valence-electron chi connectivity index (χ2n) is 3.45. The van der Waals surface area contributed by atoms with Gasteiger partial charge in [-0.3, -0.25) is 0 Å². The van der Waals surface area contributed by atoms with Crippen LogP contribution in [0.15, 0.2) is 6.33 Å². The molecule has 1 aliphatic rings. The van der Waals surface area contributed by atoms with Gasteiger partial charge in [-0.1, -0.05) is 0 Å². The maximum atomic E-state index is 5.56. The van der Waals surface area contributed by atoms with Crippen molar-refractivity contribution in [2.75, 3.05) is 13.2 Å². The minimum atomic E-state index is 0.653. The smallest absolute Gasteiger partial charge is 0.219 e. The molecule has 0 atom stereocenters. The summed E-state index contributed by atoms with van der Waals surface area (Å²) >= 11 is 0. The first-order valence-electron chi connectivity index (χ1n) is 5.07. The number of aryl methyl sites for hydroxylation is 1. The molecule has 1 aromatic heterocycles. The fraction of sp³-hybridized carbons (Fsp3) is 0.600. The first-order chi connectivity index (χ1) is 6.92. The van der Waals surface area contributed by atoms with Crippen LogP contribution in [-0.4, -0.2) is 23.1 Å². The van der Waals surface area contributed by atoms with Gasteiger partial charge in [0.2, 0.25) is 5.88 Å². The monoisotopic (exact) mass is 193 g/mol. The van der Waals surface area contributed by atoms with E-state index < -0.39 is 0 Å². The Bertz CT molecular complexity index is 314. The molecule has 0 aromatic carbocycles. The van der Waals surface area contributed by atoms with E-state index in [1.807, 2.05) is 0 Å². The van der Waals surface area contributed by atoms with Crippen LogP contribution < -0.4 is 10.5 Å². The van der Waals surface area contributed by atoms with E-state index in [2.05, 4.69) is 9.97 Å². The van der Waals surface area contributed by atoms with Crippen LogP contribution in [0.2, 0.25) is 0 Å². The molecule has 0 fully saturated rings. The molecule has 0 saturated heterocycles. The van der Waals surface area contributed by atoms with Crippen LogP contribution in [0, 0.1) is 0 Å². The Morgan fingerprint density at radius 2 is 2.29 bits per heavy atom. The lowest BCUT2D eigenvalue weighted by Crippen LogP contribution is -2.08. The topological polar surface area (TPSA) is 61.0 Å². The highest BCUT2D eigenvalue weighted by atomic mass is 16.5. The zero-order valence-electron chi connectivity index (χ0n) is 8.20. The van der Waals surface area contributed by atoms with E-state index in [1.54, 1.807) is 6.33 Å².